The molecule has 1 heterocycles. The van der Waals surface area contributed by atoms with Crippen molar-refractivity contribution in [1.82, 2.24) is 20.5 Å². The normalized spacial score (nSPS) is 10.9. The van der Waals surface area contributed by atoms with Crippen molar-refractivity contribution in [2.45, 2.75) is 13.5 Å². The molecular formula is C17H22Cl2IN5OS. The van der Waals surface area contributed by atoms with E-state index in [1.54, 1.807) is 36.6 Å². The minimum Gasteiger partial charge on any atom is -0.354 e. The molecule has 0 saturated carbocycles. The van der Waals surface area contributed by atoms with E-state index in [-0.39, 0.29) is 29.9 Å². The third kappa shape index (κ3) is 7.44. The summed E-state index contributed by atoms with van der Waals surface area (Å²) in [6.07, 6.45) is 0. The number of thiazole rings is 1. The van der Waals surface area contributed by atoms with E-state index in [9.17, 15) is 4.79 Å². The zero-order valence-corrected chi connectivity index (χ0v) is 19.9. The zero-order chi connectivity index (χ0) is 19.1. The zero-order valence-electron chi connectivity index (χ0n) is 15.3. The van der Waals surface area contributed by atoms with E-state index in [2.05, 4.69) is 20.6 Å². The minimum atomic E-state index is -0.202. The average Bonchev–Trinajstić information content (AvgIpc) is 3.01. The molecule has 6 nitrogen and oxygen atoms in total. The van der Waals surface area contributed by atoms with Gasteiger partial charge in [-0.2, -0.15) is 0 Å². The van der Waals surface area contributed by atoms with Gasteiger partial charge < -0.3 is 15.5 Å². The number of guanidine groups is 1. The predicted octanol–water partition coefficient (Wildman–Crippen LogP) is 3.81. The summed E-state index contributed by atoms with van der Waals surface area (Å²) >= 11 is 13.4. The lowest BCUT2D eigenvalue weighted by molar-refractivity contribution is 0.0954. The number of aliphatic imine (C=N–C) groups is 1. The molecule has 0 radical (unpaired) electrons. The van der Waals surface area contributed by atoms with Crippen LogP contribution in [0.2, 0.25) is 10.0 Å². The van der Waals surface area contributed by atoms with Gasteiger partial charge in [-0.25, -0.2) is 4.98 Å². The molecule has 0 spiro atoms. The van der Waals surface area contributed by atoms with Crippen LogP contribution in [0.5, 0.6) is 0 Å². The molecule has 1 aromatic heterocycles. The van der Waals surface area contributed by atoms with E-state index in [1.165, 1.54) is 0 Å². The molecule has 0 atom stereocenters. The maximum Gasteiger partial charge on any atom is 0.251 e. The molecule has 1 aromatic carbocycles. The van der Waals surface area contributed by atoms with E-state index in [1.807, 2.05) is 24.3 Å². The minimum absolute atomic E-state index is 0. The van der Waals surface area contributed by atoms with Crippen LogP contribution in [0, 0.1) is 6.92 Å². The Kier molecular flexibility index (Phi) is 10.4. The first-order valence-electron chi connectivity index (χ1n) is 7.96. The Morgan fingerprint density at radius 1 is 1.26 bits per heavy atom. The summed E-state index contributed by atoms with van der Waals surface area (Å²) in [6.45, 7) is 3.64. The molecule has 27 heavy (non-hydrogen) atoms. The molecule has 0 fully saturated rings. The highest BCUT2D eigenvalue weighted by molar-refractivity contribution is 14.0. The standard InChI is InChI=1S/C17H21Cl2N5OS.HI/c1-11-23-13(10-26-11)9-24(3)17(20-2)22-7-6-21-16(25)12-4-5-14(18)15(19)8-12;/h4-5,8,10H,6-7,9H2,1-3H3,(H,20,22)(H,21,25);1H. The van der Waals surface area contributed by atoms with E-state index in [0.29, 0.717) is 35.2 Å². The molecular weight excluding hydrogens is 520 g/mol. The number of nitrogens with zero attached hydrogens (tertiary/aromatic N) is 3. The summed E-state index contributed by atoms with van der Waals surface area (Å²) in [6, 6.07) is 4.79. The van der Waals surface area contributed by atoms with Crippen LogP contribution in [0.1, 0.15) is 21.1 Å². The molecule has 2 aromatic rings. The summed E-state index contributed by atoms with van der Waals surface area (Å²) in [5, 5.41) is 9.91. The molecule has 0 saturated heterocycles. The van der Waals surface area contributed by atoms with Gasteiger partial charge in [0.15, 0.2) is 5.96 Å². The SMILES string of the molecule is CN=C(NCCNC(=O)c1ccc(Cl)c(Cl)c1)N(C)Cc1csc(C)n1.I. The van der Waals surface area contributed by atoms with Gasteiger partial charge in [-0.15, -0.1) is 35.3 Å². The number of hydrogen-bond acceptors (Lipinski definition) is 4. The van der Waals surface area contributed by atoms with E-state index in [0.717, 1.165) is 16.7 Å². The second-order valence-electron chi connectivity index (χ2n) is 5.57. The molecule has 0 aliphatic carbocycles. The van der Waals surface area contributed by atoms with Gasteiger partial charge in [0.2, 0.25) is 0 Å². The highest BCUT2D eigenvalue weighted by Gasteiger charge is 2.10. The van der Waals surface area contributed by atoms with Crippen LogP contribution >= 0.6 is 58.5 Å². The van der Waals surface area contributed by atoms with Crippen molar-refractivity contribution >= 4 is 70.4 Å². The fourth-order valence-corrected chi connectivity index (χ4v) is 3.18. The van der Waals surface area contributed by atoms with E-state index in [4.69, 9.17) is 23.2 Å². The number of carbonyl (C=O) groups excluding carboxylic acids is 1. The number of rotatable bonds is 6. The summed E-state index contributed by atoms with van der Waals surface area (Å²) in [7, 11) is 3.66. The van der Waals surface area contributed by atoms with Crippen LogP contribution in [0.25, 0.3) is 0 Å². The van der Waals surface area contributed by atoms with Gasteiger partial charge >= 0.3 is 0 Å². The van der Waals surface area contributed by atoms with Crippen molar-refractivity contribution in [3.8, 4) is 0 Å². The van der Waals surface area contributed by atoms with Crippen molar-refractivity contribution in [2.75, 3.05) is 27.2 Å². The highest BCUT2D eigenvalue weighted by Crippen LogP contribution is 2.22. The largest absolute Gasteiger partial charge is 0.354 e. The fraction of sp³-hybridized carbons (Fsp3) is 0.353. The molecule has 10 heteroatoms. The van der Waals surface area contributed by atoms with Crippen LogP contribution in [0.3, 0.4) is 0 Å². The lowest BCUT2D eigenvalue weighted by Crippen LogP contribution is -2.42. The Morgan fingerprint density at radius 3 is 2.56 bits per heavy atom. The highest BCUT2D eigenvalue weighted by atomic mass is 127. The van der Waals surface area contributed by atoms with Crippen LogP contribution in [0.4, 0.5) is 0 Å². The first-order valence-corrected chi connectivity index (χ1v) is 9.60. The number of carbonyl (C=O) groups is 1. The Morgan fingerprint density at radius 2 is 1.96 bits per heavy atom. The topological polar surface area (TPSA) is 69.6 Å². The van der Waals surface area contributed by atoms with Crippen LogP contribution < -0.4 is 10.6 Å². The van der Waals surface area contributed by atoms with Gasteiger partial charge in [-0.1, -0.05) is 23.2 Å². The smallest absolute Gasteiger partial charge is 0.251 e. The fourth-order valence-electron chi connectivity index (χ4n) is 2.27. The molecule has 2 N–H and O–H groups in total. The molecule has 0 aliphatic rings. The maximum atomic E-state index is 12.1. The van der Waals surface area contributed by atoms with Gasteiger partial charge in [0.25, 0.3) is 5.91 Å². The number of aromatic nitrogens is 1. The number of hydrogen-bond donors (Lipinski definition) is 2. The molecule has 0 bridgehead atoms. The number of halogens is 3. The molecule has 1 amide bonds. The number of amides is 1. The number of benzene rings is 1. The predicted molar refractivity (Wildman–Crippen MR) is 124 cm³/mol. The van der Waals surface area contributed by atoms with Gasteiger partial charge in [0.1, 0.15) is 0 Å². The third-order valence-corrected chi connectivity index (χ3v) is 5.08. The van der Waals surface area contributed by atoms with Gasteiger partial charge in [-0.3, -0.25) is 9.79 Å². The lowest BCUT2D eigenvalue weighted by atomic mass is 10.2. The quantitative estimate of drug-likeness (QED) is 0.252. The van der Waals surface area contributed by atoms with Crippen molar-refractivity contribution in [2.24, 2.45) is 4.99 Å². The second kappa shape index (κ2) is 11.7. The van der Waals surface area contributed by atoms with Gasteiger partial charge in [-0.05, 0) is 25.1 Å². The van der Waals surface area contributed by atoms with E-state index >= 15 is 0 Å². The first-order chi connectivity index (χ1) is 12.4. The van der Waals surface area contributed by atoms with E-state index < -0.39 is 0 Å². The first kappa shape index (κ1) is 23.9. The summed E-state index contributed by atoms with van der Waals surface area (Å²) in [4.78, 5) is 22.8. The van der Waals surface area contributed by atoms with Gasteiger partial charge in [0.05, 0.1) is 27.3 Å². The molecule has 0 aliphatic heterocycles. The van der Waals surface area contributed by atoms with Crippen molar-refractivity contribution in [3.63, 3.8) is 0 Å². The summed E-state index contributed by atoms with van der Waals surface area (Å²) in [5.74, 6) is 0.533. The second-order valence-corrected chi connectivity index (χ2v) is 7.45. The Bertz CT molecular complexity index is 799. The van der Waals surface area contributed by atoms with Crippen molar-refractivity contribution < 1.29 is 4.79 Å². The number of nitrogens with one attached hydrogen (secondary N) is 2. The molecule has 0 unspecified atom stereocenters. The monoisotopic (exact) mass is 541 g/mol. The average molecular weight is 542 g/mol. The molecule has 2 rings (SSSR count). The maximum absolute atomic E-state index is 12.1. The third-order valence-electron chi connectivity index (χ3n) is 3.51. The molecule has 148 valence electrons. The lowest BCUT2D eigenvalue weighted by Gasteiger charge is -2.21. The Hall–Kier alpha value is -1.10. The van der Waals surface area contributed by atoms with Crippen LogP contribution in [0.15, 0.2) is 28.6 Å². The number of aryl methyl sites for hydroxylation is 1. The van der Waals surface area contributed by atoms with Crippen molar-refractivity contribution in [1.29, 1.82) is 0 Å². The summed E-state index contributed by atoms with van der Waals surface area (Å²) in [5.41, 5.74) is 1.48. The van der Waals surface area contributed by atoms with Gasteiger partial charge in [0, 0.05) is 38.1 Å². The Labute approximate surface area is 190 Å². The summed E-state index contributed by atoms with van der Waals surface area (Å²) < 4.78 is 0. The Balaban J connectivity index is 0.00000364. The van der Waals surface area contributed by atoms with Crippen LogP contribution in [-0.4, -0.2) is 48.9 Å². The van der Waals surface area contributed by atoms with Crippen LogP contribution in [-0.2, 0) is 6.54 Å². The van der Waals surface area contributed by atoms with Crippen molar-refractivity contribution in [3.05, 3.63) is 49.9 Å².